The average Bonchev–Trinajstić information content (AvgIpc) is 3.16. The highest BCUT2D eigenvalue weighted by Gasteiger charge is 2.39. The number of carbonyl (C=O) groups excluding carboxylic acids is 1. The lowest BCUT2D eigenvalue weighted by Crippen LogP contribution is -2.46. The van der Waals surface area contributed by atoms with Crippen molar-refractivity contribution in [1.29, 1.82) is 0 Å². The zero-order chi connectivity index (χ0) is 22.1. The van der Waals surface area contributed by atoms with E-state index in [0.29, 0.717) is 25.9 Å². The lowest BCUT2D eigenvalue weighted by molar-refractivity contribution is -0.131. The SMILES string of the molecule is CC(C)(C)c1ccc(C=CC(=O)N2CCC3(C=C(c4cccc(F)c4)NO3)CC2)cc1. The minimum Gasteiger partial charge on any atom is -0.339 e. The summed E-state index contributed by atoms with van der Waals surface area (Å²) in [6.07, 6.45) is 6.92. The van der Waals surface area contributed by atoms with E-state index in [1.54, 1.807) is 12.1 Å². The Labute approximate surface area is 183 Å². The molecular formula is C26H29FN2O2. The van der Waals surface area contributed by atoms with Crippen molar-refractivity contribution in [3.05, 3.63) is 83.2 Å². The summed E-state index contributed by atoms with van der Waals surface area (Å²) in [5, 5.41) is 0. The van der Waals surface area contributed by atoms with Crippen LogP contribution in [0, 0.1) is 5.82 Å². The van der Waals surface area contributed by atoms with Gasteiger partial charge < -0.3 is 4.90 Å². The normalized spacial score (nSPS) is 18.3. The van der Waals surface area contributed by atoms with E-state index in [4.69, 9.17) is 4.84 Å². The number of likely N-dealkylation sites (tertiary alicyclic amines) is 1. The second-order valence-electron chi connectivity index (χ2n) is 9.37. The maximum atomic E-state index is 13.5. The lowest BCUT2D eigenvalue weighted by atomic mass is 9.87. The summed E-state index contributed by atoms with van der Waals surface area (Å²) in [6.45, 7) is 7.78. The zero-order valence-electron chi connectivity index (χ0n) is 18.3. The number of hydrogen-bond donors (Lipinski definition) is 1. The molecule has 1 saturated heterocycles. The van der Waals surface area contributed by atoms with Crippen molar-refractivity contribution in [1.82, 2.24) is 10.4 Å². The fourth-order valence-electron chi connectivity index (χ4n) is 4.00. The van der Waals surface area contributed by atoms with Gasteiger partial charge in [-0.1, -0.05) is 57.2 Å². The van der Waals surface area contributed by atoms with Gasteiger partial charge in [0.25, 0.3) is 0 Å². The molecule has 2 heterocycles. The first kappa shape index (κ1) is 21.3. The Morgan fingerprint density at radius 3 is 2.48 bits per heavy atom. The molecule has 0 aromatic heterocycles. The van der Waals surface area contributed by atoms with E-state index in [1.165, 1.54) is 17.7 Å². The zero-order valence-corrected chi connectivity index (χ0v) is 18.3. The molecule has 0 unspecified atom stereocenters. The smallest absolute Gasteiger partial charge is 0.246 e. The van der Waals surface area contributed by atoms with Crippen molar-refractivity contribution in [3.63, 3.8) is 0 Å². The molecular weight excluding hydrogens is 391 g/mol. The number of hydrogen-bond acceptors (Lipinski definition) is 3. The Kier molecular flexibility index (Phi) is 5.71. The number of nitrogens with zero attached hydrogens (tertiary/aromatic N) is 1. The molecule has 2 aromatic carbocycles. The third kappa shape index (κ3) is 4.88. The van der Waals surface area contributed by atoms with Crippen molar-refractivity contribution in [2.45, 2.75) is 44.6 Å². The number of benzene rings is 2. The summed E-state index contributed by atoms with van der Waals surface area (Å²) >= 11 is 0. The summed E-state index contributed by atoms with van der Waals surface area (Å²) in [4.78, 5) is 20.4. The third-order valence-electron chi connectivity index (χ3n) is 6.02. The second-order valence-corrected chi connectivity index (χ2v) is 9.37. The molecule has 2 aliphatic rings. The predicted molar refractivity (Wildman–Crippen MR) is 121 cm³/mol. The molecule has 2 aliphatic heterocycles. The van der Waals surface area contributed by atoms with Crippen LogP contribution in [0.1, 0.15) is 50.3 Å². The number of carbonyl (C=O) groups is 1. The van der Waals surface area contributed by atoms with Crippen molar-refractivity contribution in [2.75, 3.05) is 13.1 Å². The molecule has 0 bridgehead atoms. The topological polar surface area (TPSA) is 41.6 Å². The molecule has 0 atom stereocenters. The highest BCUT2D eigenvalue weighted by molar-refractivity contribution is 5.91. The van der Waals surface area contributed by atoms with Crippen LogP contribution in [0.5, 0.6) is 0 Å². The van der Waals surface area contributed by atoms with Gasteiger partial charge in [-0.15, -0.1) is 0 Å². The molecule has 0 aliphatic carbocycles. The average molecular weight is 421 g/mol. The molecule has 1 amide bonds. The van der Waals surface area contributed by atoms with Gasteiger partial charge in [0.15, 0.2) is 0 Å². The fraction of sp³-hybridized carbons (Fsp3) is 0.346. The van der Waals surface area contributed by atoms with Crippen LogP contribution in [0.25, 0.3) is 11.8 Å². The van der Waals surface area contributed by atoms with Crippen LogP contribution in [0.15, 0.2) is 60.7 Å². The van der Waals surface area contributed by atoms with E-state index in [2.05, 4.69) is 38.4 Å². The van der Waals surface area contributed by atoms with Crippen LogP contribution in [0.3, 0.4) is 0 Å². The van der Waals surface area contributed by atoms with Gasteiger partial charge in [0.05, 0.1) is 5.70 Å². The van der Waals surface area contributed by atoms with Crippen LogP contribution in [-0.2, 0) is 15.0 Å². The van der Waals surface area contributed by atoms with E-state index in [-0.39, 0.29) is 17.1 Å². The van der Waals surface area contributed by atoms with E-state index in [0.717, 1.165) is 16.8 Å². The predicted octanol–water partition coefficient (Wildman–Crippen LogP) is 5.07. The summed E-state index contributed by atoms with van der Waals surface area (Å²) < 4.78 is 13.5. The van der Waals surface area contributed by atoms with Gasteiger partial charge in [-0.2, -0.15) is 0 Å². The van der Waals surface area contributed by atoms with Crippen LogP contribution >= 0.6 is 0 Å². The van der Waals surface area contributed by atoms with Crippen molar-refractivity contribution in [3.8, 4) is 0 Å². The van der Waals surface area contributed by atoms with Gasteiger partial charge in [0.2, 0.25) is 5.91 Å². The van der Waals surface area contributed by atoms with E-state index in [1.807, 2.05) is 35.3 Å². The number of nitrogens with one attached hydrogen (secondary N) is 1. The highest BCUT2D eigenvalue weighted by Crippen LogP contribution is 2.35. The van der Waals surface area contributed by atoms with Crippen LogP contribution in [0.4, 0.5) is 4.39 Å². The number of piperidine rings is 1. The van der Waals surface area contributed by atoms with Crippen molar-refractivity contribution < 1.29 is 14.0 Å². The molecule has 2 aromatic rings. The molecule has 1 N–H and O–H groups in total. The maximum Gasteiger partial charge on any atom is 0.246 e. The van der Waals surface area contributed by atoms with Gasteiger partial charge >= 0.3 is 0 Å². The second kappa shape index (κ2) is 8.31. The molecule has 162 valence electrons. The molecule has 0 radical (unpaired) electrons. The quantitative estimate of drug-likeness (QED) is 0.705. The molecule has 5 heteroatoms. The summed E-state index contributed by atoms with van der Waals surface area (Å²) in [5.41, 5.74) is 6.42. The molecule has 31 heavy (non-hydrogen) atoms. The first-order chi connectivity index (χ1) is 14.7. The Morgan fingerprint density at radius 1 is 1.13 bits per heavy atom. The summed E-state index contributed by atoms with van der Waals surface area (Å²) in [7, 11) is 0. The number of halogens is 1. The first-order valence-electron chi connectivity index (χ1n) is 10.7. The lowest BCUT2D eigenvalue weighted by Gasteiger charge is -2.36. The number of rotatable bonds is 3. The highest BCUT2D eigenvalue weighted by atomic mass is 19.1. The van der Waals surface area contributed by atoms with E-state index >= 15 is 0 Å². The van der Waals surface area contributed by atoms with Crippen molar-refractivity contribution in [2.24, 2.45) is 0 Å². The third-order valence-corrected chi connectivity index (χ3v) is 6.02. The largest absolute Gasteiger partial charge is 0.339 e. The van der Waals surface area contributed by atoms with E-state index < -0.39 is 5.60 Å². The molecule has 1 fully saturated rings. The minimum atomic E-state index is -0.453. The maximum absolute atomic E-state index is 13.5. The van der Waals surface area contributed by atoms with Gasteiger partial charge in [-0.05, 0) is 40.8 Å². The number of amides is 1. The fourth-order valence-corrected chi connectivity index (χ4v) is 4.00. The van der Waals surface area contributed by atoms with Crippen molar-refractivity contribution >= 4 is 17.7 Å². The van der Waals surface area contributed by atoms with Crippen LogP contribution in [0.2, 0.25) is 0 Å². The molecule has 1 spiro atoms. The molecule has 4 rings (SSSR count). The Bertz CT molecular complexity index is 1010. The van der Waals surface area contributed by atoms with E-state index in [9.17, 15) is 9.18 Å². The summed E-state index contributed by atoms with van der Waals surface area (Å²) in [5.74, 6) is -0.267. The minimum absolute atomic E-state index is 0.00929. The van der Waals surface area contributed by atoms with Gasteiger partial charge in [-0.25, -0.2) is 4.39 Å². The van der Waals surface area contributed by atoms with Crippen LogP contribution in [-0.4, -0.2) is 29.5 Å². The molecule has 0 saturated carbocycles. The Hall–Kier alpha value is -2.92. The van der Waals surface area contributed by atoms with Gasteiger partial charge in [-0.3, -0.25) is 15.1 Å². The molecule has 4 nitrogen and oxygen atoms in total. The van der Waals surface area contributed by atoms with Crippen LogP contribution < -0.4 is 5.48 Å². The monoisotopic (exact) mass is 420 g/mol. The first-order valence-corrected chi connectivity index (χ1v) is 10.7. The Morgan fingerprint density at radius 2 is 1.84 bits per heavy atom. The Balaban J connectivity index is 1.35. The van der Waals surface area contributed by atoms with Gasteiger partial charge in [0, 0.05) is 37.6 Å². The van der Waals surface area contributed by atoms with Gasteiger partial charge in [0.1, 0.15) is 11.4 Å². The number of hydroxylamine groups is 1. The standard InChI is InChI=1S/C26H29FN2O2/c1-25(2,3)21-10-7-19(8-11-21)9-12-24(30)29-15-13-26(14-16-29)18-23(28-31-26)20-5-4-6-22(27)17-20/h4-12,17-18,28H,13-16H2,1-3H3. The summed E-state index contributed by atoms with van der Waals surface area (Å²) in [6, 6.07) is 14.8.